The smallest absolute Gasteiger partial charge is 0.251 e. The lowest BCUT2D eigenvalue weighted by molar-refractivity contribution is -0.139. The number of carbonyl (C=O) groups excluding carboxylic acids is 1. The highest BCUT2D eigenvalue weighted by Gasteiger charge is 2.15. The van der Waals surface area contributed by atoms with Crippen molar-refractivity contribution in [3.05, 3.63) is 0 Å². The lowest BCUT2D eigenvalue weighted by Crippen LogP contribution is -2.36. The third-order valence-corrected chi connectivity index (χ3v) is 2.23. The van der Waals surface area contributed by atoms with Crippen LogP contribution in [0.25, 0.3) is 0 Å². The second kappa shape index (κ2) is 7.76. The zero-order valence-electron chi connectivity index (χ0n) is 9.32. The van der Waals surface area contributed by atoms with Crippen molar-refractivity contribution in [3.8, 4) is 0 Å². The lowest BCUT2D eigenvalue weighted by atomic mass is 10.2. The predicted molar refractivity (Wildman–Crippen MR) is 55.0 cm³/mol. The van der Waals surface area contributed by atoms with Gasteiger partial charge in [-0.05, 0) is 26.2 Å². The Hall–Kier alpha value is -0.610. The van der Waals surface area contributed by atoms with Crippen LogP contribution in [0.5, 0.6) is 0 Å². The Morgan fingerprint density at radius 2 is 2.07 bits per heavy atom. The number of rotatable bonds is 7. The van der Waals surface area contributed by atoms with Crippen LogP contribution in [0.2, 0.25) is 0 Å². The fraction of sp³-hybridized carbons (Fsp3) is 0.900. The van der Waals surface area contributed by atoms with E-state index in [2.05, 4.69) is 0 Å². The second-order valence-corrected chi connectivity index (χ2v) is 3.42. The fourth-order valence-electron chi connectivity index (χ4n) is 1.16. The molecule has 0 aromatic carbocycles. The van der Waals surface area contributed by atoms with Crippen molar-refractivity contribution < 1.29 is 14.6 Å². The highest BCUT2D eigenvalue weighted by atomic mass is 16.5. The summed E-state index contributed by atoms with van der Waals surface area (Å²) >= 11 is 0. The first-order valence-electron chi connectivity index (χ1n) is 5.02. The van der Waals surface area contributed by atoms with Crippen molar-refractivity contribution in [2.45, 2.75) is 32.3 Å². The molecule has 0 fully saturated rings. The van der Waals surface area contributed by atoms with Crippen LogP contribution in [0.15, 0.2) is 0 Å². The molecule has 1 amide bonds. The van der Waals surface area contributed by atoms with Gasteiger partial charge in [0.15, 0.2) is 0 Å². The van der Waals surface area contributed by atoms with E-state index in [0.29, 0.717) is 0 Å². The molecule has 84 valence electrons. The molecule has 0 aromatic rings. The summed E-state index contributed by atoms with van der Waals surface area (Å²) in [5, 5.41) is 8.57. The quantitative estimate of drug-likeness (QED) is 0.618. The van der Waals surface area contributed by atoms with Crippen LogP contribution in [0, 0.1) is 0 Å². The lowest BCUT2D eigenvalue weighted by Gasteiger charge is -2.20. The Morgan fingerprint density at radius 3 is 2.57 bits per heavy atom. The molecule has 1 N–H and O–H groups in total. The number of ether oxygens (including phenoxy) is 1. The molecule has 4 heteroatoms. The van der Waals surface area contributed by atoms with Gasteiger partial charge in [0, 0.05) is 27.3 Å². The number of aliphatic hydroxyl groups is 1. The Bertz CT molecular complexity index is 161. The van der Waals surface area contributed by atoms with Crippen LogP contribution in [-0.2, 0) is 9.53 Å². The number of likely N-dealkylation sites (N-methyl/N-ethyl adjacent to an activating group) is 1. The molecule has 0 bridgehead atoms. The molecule has 1 atom stereocenters. The molecule has 0 aliphatic heterocycles. The Balaban J connectivity index is 3.62. The van der Waals surface area contributed by atoms with Crippen LogP contribution in [0.3, 0.4) is 0 Å². The standard InChI is InChI=1S/C10H21NO3/c1-9(14-3)10(13)11(2)7-5-4-6-8-12/h9,12H,4-8H2,1-3H3. The molecule has 0 radical (unpaired) electrons. The van der Waals surface area contributed by atoms with Crippen LogP contribution < -0.4 is 0 Å². The maximum absolute atomic E-state index is 11.5. The molecule has 14 heavy (non-hydrogen) atoms. The topological polar surface area (TPSA) is 49.8 Å². The predicted octanol–water partition coefficient (Wildman–Crippen LogP) is 0.642. The van der Waals surface area contributed by atoms with E-state index in [-0.39, 0.29) is 18.6 Å². The van der Waals surface area contributed by atoms with E-state index in [1.807, 2.05) is 0 Å². The Kier molecular flexibility index (Phi) is 7.42. The molecule has 1 unspecified atom stereocenters. The number of hydrogen-bond acceptors (Lipinski definition) is 3. The third kappa shape index (κ3) is 5.19. The van der Waals surface area contributed by atoms with Gasteiger partial charge in [-0.3, -0.25) is 4.79 Å². The van der Waals surface area contributed by atoms with Crippen molar-refractivity contribution in [1.29, 1.82) is 0 Å². The van der Waals surface area contributed by atoms with Crippen molar-refractivity contribution >= 4 is 5.91 Å². The normalized spacial score (nSPS) is 12.6. The van der Waals surface area contributed by atoms with Crippen LogP contribution in [0.4, 0.5) is 0 Å². The largest absolute Gasteiger partial charge is 0.396 e. The van der Waals surface area contributed by atoms with Crippen LogP contribution >= 0.6 is 0 Å². The summed E-state index contributed by atoms with van der Waals surface area (Å²) < 4.78 is 4.93. The summed E-state index contributed by atoms with van der Waals surface area (Å²) in [5.74, 6) is 0.0106. The number of carbonyl (C=O) groups is 1. The second-order valence-electron chi connectivity index (χ2n) is 3.42. The first-order valence-corrected chi connectivity index (χ1v) is 5.02. The van der Waals surface area contributed by atoms with Gasteiger partial charge < -0.3 is 14.7 Å². The summed E-state index contributed by atoms with van der Waals surface area (Å²) in [6.45, 7) is 2.70. The minimum atomic E-state index is -0.363. The monoisotopic (exact) mass is 203 g/mol. The molecule has 0 aliphatic rings. The number of hydrogen-bond donors (Lipinski definition) is 1. The van der Waals surface area contributed by atoms with E-state index in [0.717, 1.165) is 25.8 Å². The van der Waals surface area contributed by atoms with Gasteiger partial charge >= 0.3 is 0 Å². The Morgan fingerprint density at radius 1 is 1.43 bits per heavy atom. The molecular weight excluding hydrogens is 182 g/mol. The minimum absolute atomic E-state index is 0.0106. The van der Waals surface area contributed by atoms with E-state index >= 15 is 0 Å². The van der Waals surface area contributed by atoms with E-state index in [9.17, 15) is 4.79 Å². The van der Waals surface area contributed by atoms with Crippen molar-refractivity contribution in [3.63, 3.8) is 0 Å². The summed E-state index contributed by atoms with van der Waals surface area (Å²) in [7, 11) is 3.30. The number of nitrogens with zero attached hydrogens (tertiary/aromatic N) is 1. The van der Waals surface area contributed by atoms with Gasteiger partial charge in [0.2, 0.25) is 0 Å². The third-order valence-electron chi connectivity index (χ3n) is 2.23. The summed E-state index contributed by atoms with van der Waals surface area (Å²) in [6, 6.07) is 0. The Labute approximate surface area is 85.9 Å². The van der Waals surface area contributed by atoms with Gasteiger partial charge in [0.1, 0.15) is 6.10 Å². The van der Waals surface area contributed by atoms with Crippen molar-refractivity contribution in [2.24, 2.45) is 0 Å². The number of unbranched alkanes of at least 4 members (excludes halogenated alkanes) is 2. The van der Waals surface area contributed by atoms with Crippen molar-refractivity contribution in [2.75, 3.05) is 27.3 Å². The van der Waals surface area contributed by atoms with E-state index in [1.165, 1.54) is 7.11 Å². The van der Waals surface area contributed by atoms with Gasteiger partial charge in [-0.15, -0.1) is 0 Å². The van der Waals surface area contributed by atoms with Gasteiger partial charge in [-0.2, -0.15) is 0 Å². The minimum Gasteiger partial charge on any atom is -0.396 e. The van der Waals surface area contributed by atoms with E-state index in [4.69, 9.17) is 9.84 Å². The molecule has 0 heterocycles. The van der Waals surface area contributed by atoms with Gasteiger partial charge in [0.05, 0.1) is 0 Å². The molecular formula is C10H21NO3. The maximum atomic E-state index is 11.5. The zero-order chi connectivity index (χ0) is 11.0. The van der Waals surface area contributed by atoms with Crippen molar-refractivity contribution in [1.82, 2.24) is 4.90 Å². The molecule has 0 saturated carbocycles. The van der Waals surface area contributed by atoms with Gasteiger partial charge in [-0.1, -0.05) is 0 Å². The fourth-order valence-corrected chi connectivity index (χ4v) is 1.16. The van der Waals surface area contributed by atoms with E-state index < -0.39 is 0 Å². The zero-order valence-corrected chi connectivity index (χ0v) is 9.32. The molecule has 0 saturated heterocycles. The first kappa shape index (κ1) is 13.4. The SMILES string of the molecule is COC(C)C(=O)N(C)CCCCCO. The van der Waals surface area contributed by atoms with Gasteiger partial charge in [-0.25, -0.2) is 0 Å². The highest BCUT2D eigenvalue weighted by Crippen LogP contribution is 2.00. The number of amides is 1. The maximum Gasteiger partial charge on any atom is 0.251 e. The molecule has 4 nitrogen and oxygen atoms in total. The summed E-state index contributed by atoms with van der Waals surface area (Å²) in [4.78, 5) is 13.2. The number of aliphatic hydroxyl groups excluding tert-OH is 1. The average molecular weight is 203 g/mol. The summed E-state index contributed by atoms with van der Waals surface area (Å²) in [5.41, 5.74) is 0. The highest BCUT2D eigenvalue weighted by molar-refractivity contribution is 5.80. The number of methoxy groups -OCH3 is 1. The molecule has 0 aliphatic carbocycles. The van der Waals surface area contributed by atoms with Crippen LogP contribution in [-0.4, -0.2) is 49.3 Å². The first-order chi connectivity index (χ1) is 6.63. The summed E-state index contributed by atoms with van der Waals surface area (Å²) in [6.07, 6.45) is 2.33. The van der Waals surface area contributed by atoms with E-state index in [1.54, 1.807) is 18.9 Å². The van der Waals surface area contributed by atoms with Crippen LogP contribution in [0.1, 0.15) is 26.2 Å². The molecule has 0 rings (SSSR count). The average Bonchev–Trinajstić information content (AvgIpc) is 2.21. The molecule has 0 spiro atoms. The molecule has 0 aromatic heterocycles. The van der Waals surface area contributed by atoms with Gasteiger partial charge in [0.25, 0.3) is 5.91 Å².